The first-order valence-corrected chi connectivity index (χ1v) is 12.2. The summed E-state index contributed by atoms with van der Waals surface area (Å²) in [6.45, 7) is 10.4. The summed E-state index contributed by atoms with van der Waals surface area (Å²) in [6, 6.07) is 0.928. The van der Waals surface area contributed by atoms with Gasteiger partial charge in [0.25, 0.3) is 0 Å². The molecule has 32 heavy (non-hydrogen) atoms. The number of likely N-dealkylation sites (tertiary alicyclic amines) is 1. The predicted octanol–water partition coefficient (Wildman–Crippen LogP) is 2.44. The van der Waals surface area contributed by atoms with Gasteiger partial charge in [-0.3, -0.25) is 10.7 Å². The van der Waals surface area contributed by atoms with Crippen LogP contribution in [0.4, 0.5) is 0 Å². The lowest BCUT2D eigenvalue weighted by Gasteiger charge is -2.43. The number of hydrogen-bond donors (Lipinski definition) is 4. The van der Waals surface area contributed by atoms with E-state index in [1.807, 2.05) is 31.1 Å². The van der Waals surface area contributed by atoms with Crippen molar-refractivity contribution in [3.8, 4) is 0 Å². The summed E-state index contributed by atoms with van der Waals surface area (Å²) >= 11 is 0. The van der Waals surface area contributed by atoms with Crippen LogP contribution in [0.15, 0.2) is 47.0 Å². The number of rotatable bonds is 9. The van der Waals surface area contributed by atoms with E-state index in [9.17, 15) is 0 Å². The number of dihydropyridines is 1. The molecular weight excluding hydrogens is 398 g/mol. The summed E-state index contributed by atoms with van der Waals surface area (Å²) < 4.78 is 0. The highest BCUT2D eigenvalue weighted by Gasteiger charge is 2.33. The summed E-state index contributed by atoms with van der Waals surface area (Å²) in [5.74, 6) is 1.89. The Balaban J connectivity index is 1.76. The van der Waals surface area contributed by atoms with Gasteiger partial charge in [-0.05, 0) is 69.5 Å². The van der Waals surface area contributed by atoms with E-state index in [1.54, 1.807) is 0 Å². The van der Waals surface area contributed by atoms with Gasteiger partial charge in [0.05, 0.1) is 17.9 Å². The molecule has 3 atom stereocenters. The second-order valence-electron chi connectivity index (χ2n) is 9.11. The van der Waals surface area contributed by atoms with Gasteiger partial charge in [-0.2, -0.15) is 0 Å². The lowest BCUT2D eigenvalue weighted by Crippen LogP contribution is -2.51. The van der Waals surface area contributed by atoms with Crippen molar-refractivity contribution in [1.29, 1.82) is 5.41 Å². The van der Waals surface area contributed by atoms with Crippen molar-refractivity contribution in [2.24, 2.45) is 0 Å². The highest BCUT2D eigenvalue weighted by atomic mass is 15.4. The average Bonchev–Trinajstić information content (AvgIpc) is 3.24. The van der Waals surface area contributed by atoms with Crippen LogP contribution < -0.4 is 16.0 Å². The zero-order valence-electron chi connectivity index (χ0n) is 20.8. The Morgan fingerprint density at radius 3 is 2.75 bits per heavy atom. The molecule has 3 unspecified atom stereocenters. The van der Waals surface area contributed by atoms with E-state index in [2.05, 4.69) is 65.7 Å². The Morgan fingerprint density at radius 2 is 2.12 bits per heavy atom. The highest BCUT2D eigenvalue weighted by molar-refractivity contribution is 5.95. The first kappa shape index (κ1) is 24.4. The molecule has 0 radical (unpaired) electrons. The lowest BCUT2D eigenvalue weighted by atomic mass is 9.93. The van der Waals surface area contributed by atoms with Crippen LogP contribution in [0.5, 0.6) is 0 Å². The molecule has 0 spiro atoms. The molecule has 7 nitrogen and oxygen atoms in total. The summed E-state index contributed by atoms with van der Waals surface area (Å²) in [5.41, 5.74) is 3.75. The molecule has 3 aliphatic heterocycles. The normalized spacial score (nSPS) is 25.6. The number of nitrogens with one attached hydrogen (secondary N) is 4. The third kappa shape index (κ3) is 5.21. The van der Waals surface area contributed by atoms with Gasteiger partial charge in [0.2, 0.25) is 0 Å². The summed E-state index contributed by atoms with van der Waals surface area (Å²) in [7, 11) is 6.24. The van der Waals surface area contributed by atoms with Gasteiger partial charge in [0.1, 0.15) is 11.7 Å². The summed E-state index contributed by atoms with van der Waals surface area (Å²) in [5, 5.41) is 19.0. The maximum absolute atomic E-state index is 8.40. The Labute approximate surface area is 194 Å². The molecule has 3 heterocycles. The first-order valence-electron chi connectivity index (χ1n) is 12.2. The second-order valence-corrected chi connectivity index (χ2v) is 9.11. The summed E-state index contributed by atoms with van der Waals surface area (Å²) in [4.78, 5) is 6.99. The van der Waals surface area contributed by atoms with Crippen LogP contribution >= 0.6 is 0 Å². The van der Waals surface area contributed by atoms with E-state index < -0.39 is 0 Å². The van der Waals surface area contributed by atoms with Crippen LogP contribution in [-0.2, 0) is 0 Å². The molecule has 178 valence electrons. The Bertz CT molecular complexity index is 794. The monoisotopic (exact) mass is 441 g/mol. The fourth-order valence-corrected chi connectivity index (χ4v) is 4.91. The molecule has 3 aliphatic rings. The molecule has 7 heteroatoms. The third-order valence-corrected chi connectivity index (χ3v) is 7.07. The van der Waals surface area contributed by atoms with E-state index in [4.69, 9.17) is 5.41 Å². The van der Waals surface area contributed by atoms with E-state index in [0.29, 0.717) is 17.9 Å². The van der Waals surface area contributed by atoms with E-state index in [1.165, 1.54) is 29.8 Å². The number of amidine groups is 1. The molecule has 0 aliphatic carbocycles. The number of nitrogens with zero attached hydrogens (tertiary/aromatic N) is 3. The zero-order chi connectivity index (χ0) is 23.3. The third-order valence-electron chi connectivity index (χ3n) is 7.07. The molecule has 3 rings (SSSR count). The molecule has 0 aromatic rings. The topological polar surface area (TPSA) is 69.7 Å². The lowest BCUT2D eigenvalue weighted by molar-refractivity contribution is 0.194. The van der Waals surface area contributed by atoms with Crippen LogP contribution in [0.2, 0.25) is 0 Å². The average molecular weight is 442 g/mol. The minimum Gasteiger partial charge on any atom is -0.363 e. The van der Waals surface area contributed by atoms with Crippen molar-refractivity contribution < 1.29 is 0 Å². The smallest absolute Gasteiger partial charge is 0.144 e. The highest BCUT2D eigenvalue weighted by Crippen LogP contribution is 2.32. The molecule has 1 fully saturated rings. The molecule has 0 aromatic carbocycles. The Morgan fingerprint density at radius 1 is 1.34 bits per heavy atom. The Hall–Kier alpha value is -2.25. The van der Waals surface area contributed by atoms with Crippen molar-refractivity contribution >= 4 is 5.84 Å². The Kier molecular flexibility index (Phi) is 8.43. The van der Waals surface area contributed by atoms with E-state index in [-0.39, 0.29) is 6.17 Å². The van der Waals surface area contributed by atoms with Crippen molar-refractivity contribution in [1.82, 2.24) is 30.7 Å². The van der Waals surface area contributed by atoms with E-state index >= 15 is 0 Å². The zero-order valence-corrected chi connectivity index (χ0v) is 20.8. The van der Waals surface area contributed by atoms with Crippen molar-refractivity contribution in [2.75, 3.05) is 47.3 Å². The van der Waals surface area contributed by atoms with Gasteiger partial charge in [-0.25, -0.2) is 0 Å². The van der Waals surface area contributed by atoms with Gasteiger partial charge in [0, 0.05) is 46.3 Å². The summed E-state index contributed by atoms with van der Waals surface area (Å²) in [6.07, 6.45) is 12.2. The van der Waals surface area contributed by atoms with Crippen LogP contribution in [0.3, 0.4) is 0 Å². The van der Waals surface area contributed by atoms with Crippen molar-refractivity contribution in [3.05, 3.63) is 47.0 Å². The van der Waals surface area contributed by atoms with Gasteiger partial charge >= 0.3 is 0 Å². The molecule has 0 bridgehead atoms. The number of likely N-dealkylation sites (N-methyl/N-ethyl adjacent to an activating group) is 3. The van der Waals surface area contributed by atoms with Crippen LogP contribution in [-0.4, -0.2) is 86.1 Å². The quantitative estimate of drug-likeness (QED) is 0.326. The fourth-order valence-electron chi connectivity index (χ4n) is 4.91. The molecule has 0 saturated carbocycles. The van der Waals surface area contributed by atoms with Gasteiger partial charge in [0.15, 0.2) is 0 Å². The first-order chi connectivity index (χ1) is 15.4. The standard InChI is InChI=1S/C25H43N7/c1-7-19-15-24(32-14-10-11-18(32)3)31(6)22(17-27-4)20(19)16-28-23-13-9-12-21(29-23)25(26)30(5)8-2/h9,12-13,15,18,22-23,26-29H,7-8,10-11,14,16-17H2,1-6H3. The minimum atomic E-state index is 0.00994. The second kappa shape index (κ2) is 11.1. The maximum Gasteiger partial charge on any atom is 0.144 e. The van der Waals surface area contributed by atoms with Crippen molar-refractivity contribution in [2.45, 2.75) is 58.3 Å². The van der Waals surface area contributed by atoms with Gasteiger partial charge < -0.3 is 25.3 Å². The van der Waals surface area contributed by atoms with Crippen LogP contribution in [0.25, 0.3) is 0 Å². The van der Waals surface area contributed by atoms with Crippen molar-refractivity contribution in [3.63, 3.8) is 0 Å². The maximum atomic E-state index is 8.40. The fraction of sp³-hybridized carbons (Fsp3) is 0.640. The molecule has 0 amide bonds. The van der Waals surface area contributed by atoms with E-state index in [0.717, 1.165) is 38.3 Å². The predicted molar refractivity (Wildman–Crippen MR) is 134 cm³/mol. The molecular formula is C25H43N7. The molecule has 4 N–H and O–H groups in total. The minimum absolute atomic E-state index is 0.00994. The van der Waals surface area contributed by atoms with Crippen LogP contribution in [0, 0.1) is 5.41 Å². The number of hydrogen-bond acceptors (Lipinski definition) is 6. The van der Waals surface area contributed by atoms with Gasteiger partial charge in [-0.15, -0.1) is 0 Å². The SMILES string of the molecule is CCC1=C(CNC2C=CC=C(C(=N)N(C)CC)N2)C(CNC)N(C)C(N2CCCC2C)=C1. The molecule has 1 saturated heterocycles. The van der Waals surface area contributed by atoms with Crippen LogP contribution in [0.1, 0.15) is 40.0 Å². The largest absolute Gasteiger partial charge is 0.363 e. The number of allylic oxidation sites excluding steroid dienone is 4. The van der Waals surface area contributed by atoms with Gasteiger partial charge in [-0.1, -0.05) is 13.0 Å². The molecule has 0 aromatic heterocycles.